The third kappa shape index (κ3) is 6.73. The molecule has 3 nitrogen and oxygen atoms in total. The standard InChI is InChI=1S/C16H34N2O/c1-14(2)17-16(4,13-19)9-6-11-18-10-5-7-15(3)8-12-18/h14-15,17,19H,5-13H2,1-4H3. The summed E-state index contributed by atoms with van der Waals surface area (Å²) in [6.45, 7) is 12.7. The zero-order valence-electron chi connectivity index (χ0n) is 13.4. The predicted octanol–water partition coefficient (Wildman–Crippen LogP) is 2.64. The molecule has 3 heteroatoms. The first kappa shape index (κ1) is 16.9. The van der Waals surface area contributed by atoms with Crippen molar-refractivity contribution < 1.29 is 5.11 Å². The lowest BCUT2D eigenvalue weighted by Crippen LogP contribution is -2.49. The Morgan fingerprint density at radius 1 is 1.32 bits per heavy atom. The number of likely N-dealkylation sites (tertiary alicyclic amines) is 1. The SMILES string of the molecule is CC1CCCN(CCCC(C)(CO)NC(C)C)CC1. The number of hydrogen-bond donors (Lipinski definition) is 2. The summed E-state index contributed by atoms with van der Waals surface area (Å²) in [6.07, 6.45) is 6.31. The van der Waals surface area contributed by atoms with Crippen LogP contribution < -0.4 is 5.32 Å². The zero-order valence-corrected chi connectivity index (χ0v) is 13.4. The van der Waals surface area contributed by atoms with Gasteiger partial charge < -0.3 is 15.3 Å². The fourth-order valence-electron chi connectivity index (χ4n) is 3.13. The first-order valence-corrected chi connectivity index (χ1v) is 8.06. The lowest BCUT2D eigenvalue weighted by atomic mass is 9.95. The molecule has 1 fully saturated rings. The van der Waals surface area contributed by atoms with Crippen LogP contribution in [0.1, 0.15) is 59.8 Å². The van der Waals surface area contributed by atoms with Crippen molar-refractivity contribution in [3.05, 3.63) is 0 Å². The Morgan fingerprint density at radius 2 is 2.05 bits per heavy atom. The van der Waals surface area contributed by atoms with Gasteiger partial charge in [-0.2, -0.15) is 0 Å². The minimum absolute atomic E-state index is 0.118. The van der Waals surface area contributed by atoms with Crippen molar-refractivity contribution in [1.82, 2.24) is 10.2 Å². The average Bonchev–Trinajstić information content (AvgIpc) is 2.53. The molecule has 0 bridgehead atoms. The fraction of sp³-hybridized carbons (Fsp3) is 1.00. The Balaban J connectivity index is 2.27. The maximum absolute atomic E-state index is 9.57. The highest BCUT2D eigenvalue weighted by atomic mass is 16.3. The molecule has 0 saturated carbocycles. The number of hydrogen-bond acceptors (Lipinski definition) is 3. The number of aliphatic hydroxyl groups excluding tert-OH is 1. The largest absolute Gasteiger partial charge is 0.394 e. The minimum Gasteiger partial charge on any atom is -0.394 e. The average molecular weight is 270 g/mol. The molecule has 0 aliphatic carbocycles. The van der Waals surface area contributed by atoms with Crippen molar-refractivity contribution >= 4 is 0 Å². The van der Waals surface area contributed by atoms with Gasteiger partial charge in [-0.25, -0.2) is 0 Å². The van der Waals surface area contributed by atoms with E-state index in [4.69, 9.17) is 0 Å². The maximum Gasteiger partial charge on any atom is 0.0610 e. The smallest absolute Gasteiger partial charge is 0.0610 e. The Morgan fingerprint density at radius 3 is 2.68 bits per heavy atom. The highest BCUT2D eigenvalue weighted by molar-refractivity contribution is 4.84. The third-order valence-corrected chi connectivity index (χ3v) is 4.30. The number of aliphatic hydroxyl groups is 1. The molecular formula is C16H34N2O. The summed E-state index contributed by atoms with van der Waals surface area (Å²) in [4.78, 5) is 2.61. The van der Waals surface area contributed by atoms with Gasteiger partial charge in [-0.15, -0.1) is 0 Å². The zero-order chi connectivity index (χ0) is 14.3. The molecule has 1 aliphatic heterocycles. The van der Waals surface area contributed by atoms with E-state index < -0.39 is 0 Å². The first-order valence-electron chi connectivity index (χ1n) is 8.06. The van der Waals surface area contributed by atoms with E-state index in [-0.39, 0.29) is 12.1 Å². The molecule has 0 spiro atoms. The van der Waals surface area contributed by atoms with E-state index in [0.29, 0.717) is 6.04 Å². The van der Waals surface area contributed by atoms with Crippen LogP contribution in [0, 0.1) is 5.92 Å². The normalized spacial score (nSPS) is 25.3. The topological polar surface area (TPSA) is 35.5 Å². The van der Waals surface area contributed by atoms with Crippen LogP contribution in [-0.4, -0.2) is 47.8 Å². The van der Waals surface area contributed by atoms with Crippen LogP contribution in [0.5, 0.6) is 0 Å². The Hall–Kier alpha value is -0.120. The lowest BCUT2D eigenvalue weighted by Gasteiger charge is -2.32. The molecule has 2 N–H and O–H groups in total. The highest BCUT2D eigenvalue weighted by Crippen LogP contribution is 2.18. The van der Waals surface area contributed by atoms with Crippen LogP contribution in [0.2, 0.25) is 0 Å². The monoisotopic (exact) mass is 270 g/mol. The van der Waals surface area contributed by atoms with Crippen molar-refractivity contribution in [2.24, 2.45) is 5.92 Å². The van der Waals surface area contributed by atoms with Gasteiger partial charge in [0.25, 0.3) is 0 Å². The van der Waals surface area contributed by atoms with Crippen LogP contribution in [0.4, 0.5) is 0 Å². The summed E-state index contributed by atoms with van der Waals surface area (Å²) in [5.41, 5.74) is -0.118. The van der Waals surface area contributed by atoms with Crippen LogP contribution in [0.15, 0.2) is 0 Å². The van der Waals surface area contributed by atoms with E-state index in [9.17, 15) is 5.11 Å². The van der Waals surface area contributed by atoms with E-state index in [1.54, 1.807) is 0 Å². The molecule has 114 valence electrons. The van der Waals surface area contributed by atoms with Crippen LogP contribution >= 0.6 is 0 Å². The molecule has 19 heavy (non-hydrogen) atoms. The summed E-state index contributed by atoms with van der Waals surface area (Å²) in [6, 6.07) is 0.427. The molecule has 2 atom stereocenters. The quantitative estimate of drug-likeness (QED) is 0.746. The van der Waals surface area contributed by atoms with Gasteiger partial charge in [0.1, 0.15) is 0 Å². The Bertz CT molecular complexity index is 245. The van der Waals surface area contributed by atoms with Crippen molar-refractivity contribution in [1.29, 1.82) is 0 Å². The second-order valence-corrected chi connectivity index (χ2v) is 7.00. The number of rotatable bonds is 7. The summed E-state index contributed by atoms with van der Waals surface area (Å²) >= 11 is 0. The summed E-state index contributed by atoms with van der Waals surface area (Å²) < 4.78 is 0. The Kier molecular flexibility index (Phi) is 7.33. The van der Waals surface area contributed by atoms with Gasteiger partial charge in [0, 0.05) is 11.6 Å². The van der Waals surface area contributed by atoms with E-state index in [2.05, 4.69) is 37.9 Å². The van der Waals surface area contributed by atoms with Gasteiger partial charge in [0.15, 0.2) is 0 Å². The molecule has 1 heterocycles. The van der Waals surface area contributed by atoms with Gasteiger partial charge in [-0.3, -0.25) is 0 Å². The Labute approximate surface area is 119 Å². The molecule has 1 saturated heterocycles. The molecule has 0 aromatic rings. The van der Waals surface area contributed by atoms with E-state index in [0.717, 1.165) is 12.3 Å². The van der Waals surface area contributed by atoms with E-state index >= 15 is 0 Å². The summed E-state index contributed by atoms with van der Waals surface area (Å²) in [5.74, 6) is 0.898. The molecule has 0 aromatic carbocycles. The minimum atomic E-state index is -0.118. The second-order valence-electron chi connectivity index (χ2n) is 7.00. The van der Waals surface area contributed by atoms with Crippen molar-refractivity contribution in [2.45, 2.75) is 71.4 Å². The maximum atomic E-state index is 9.57. The molecular weight excluding hydrogens is 236 g/mol. The third-order valence-electron chi connectivity index (χ3n) is 4.30. The summed E-state index contributed by atoms with van der Waals surface area (Å²) in [7, 11) is 0. The number of nitrogens with zero attached hydrogens (tertiary/aromatic N) is 1. The molecule has 0 aromatic heterocycles. The van der Waals surface area contributed by atoms with E-state index in [1.807, 2.05) is 0 Å². The van der Waals surface area contributed by atoms with Crippen LogP contribution in [0.3, 0.4) is 0 Å². The second kappa shape index (κ2) is 8.23. The van der Waals surface area contributed by atoms with Gasteiger partial charge in [-0.1, -0.05) is 20.8 Å². The van der Waals surface area contributed by atoms with Gasteiger partial charge >= 0.3 is 0 Å². The van der Waals surface area contributed by atoms with Gasteiger partial charge in [-0.05, 0) is 64.6 Å². The van der Waals surface area contributed by atoms with Crippen LogP contribution in [-0.2, 0) is 0 Å². The van der Waals surface area contributed by atoms with Gasteiger partial charge in [0.05, 0.1) is 6.61 Å². The lowest BCUT2D eigenvalue weighted by molar-refractivity contribution is 0.148. The van der Waals surface area contributed by atoms with Gasteiger partial charge in [0.2, 0.25) is 0 Å². The summed E-state index contributed by atoms with van der Waals surface area (Å²) in [5, 5.41) is 13.1. The van der Waals surface area contributed by atoms with E-state index in [1.165, 1.54) is 45.3 Å². The van der Waals surface area contributed by atoms with Crippen LogP contribution in [0.25, 0.3) is 0 Å². The molecule has 2 unspecified atom stereocenters. The fourth-order valence-corrected chi connectivity index (χ4v) is 3.13. The van der Waals surface area contributed by atoms with Crippen molar-refractivity contribution in [3.8, 4) is 0 Å². The molecule has 1 aliphatic rings. The molecule has 0 radical (unpaired) electrons. The van der Waals surface area contributed by atoms with Crippen molar-refractivity contribution in [3.63, 3.8) is 0 Å². The number of nitrogens with one attached hydrogen (secondary N) is 1. The first-order chi connectivity index (χ1) is 8.95. The molecule has 0 amide bonds. The van der Waals surface area contributed by atoms with Crippen molar-refractivity contribution in [2.75, 3.05) is 26.2 Å². The highest BCUT2D eigenvalue weighted by Gasteiger charge is 2.23. The predicted molar refractivity (Wildman–Crippen MR) is 82.5 cm³/mol. The molecule has 1 rings (SSSR count).